The first kappa shape index (κ1) is 17.7. The van der Waals surface area contributed by atoms with Gasteiger partial charge < -0.3 is 9.64 Å². The molecule has 0 bridgehead atoms. The normalized spacial score (nSPS) is 20.1. The molecule has 0 aromatic rings. The molecule has 2 nitrogen and oxygen atoms in total. The van der Waals surface area contributed by atoms with Gasteiger partial charge in [0.15, 0.2) is 0 Å². The number of likely N-dealkylation sites (tertiary alicyclic amines) is 1. The second-order valence-electron chi connectivity index (χ2n) is 6.27. The molecule has 1 aliphatic heterocycles. The lowest BCUT2D eigenvalue weighted by atomic mass is 9.97. The van der Waals surface area contributed by atoms with Gasteiger partial charge in [-0.05, 0) is 50.6 Å². The maximum atomic E-state index is 5.83. The fourth-order valence-corrected chi connectivity index (χ4v) is 3.22. The van der Waals surface area contributed by atoms with Crippen molar-refractivity contribution in [2.45, 2.75) is 51.7 Å². The van der Waals surface area contributed by atoms with Gasteiger partial charge in [-0.15, -0.1) is 11.7 Å². The SMILES string of the molecule is CC(C)CN1CCC(COCCCC(C)SS)CC1. The number of hydrogen-bond acceptors (Lipinski definition) is 4. The first-order chi connectivity index (χ1) is 9.11. The lowest BCUT2D eigenvalue weighted by Gasteiger charge is -2.32. The second-order valence-corrected chi connectivity index (χ2v) is 7.92. The van der Waals surface area contributed by atoms with Gasteiger partial charge in [0.1, 0.15) is 0 Å². The highest BCUT2D eigenvalue weighted by Crippen LogP contribution is 2.20. The maximum Gasteiger partial charge on any atom is 0.0495 e. The van der Waals surface area contributed by atoms with Crippen LogP contribution in [-0.2, 0) is 4.74 Å². The highest BCUT2D eigenvalue weighted by Gasteiger charge is 2.19. The average Bonchev–Trinajstić information content (AvgIpc) is 2.39. The molecule has 0 aromatic heterocycles. The monoisotopic (exact) mass is 305 g/mol. The molecule has 0 radical (unpaired) electrons. The summed E-state index contributed by atoms with van der Waals surface area (Å²) in [6.45, 7) is 12.5. The Labute approximate surface area is 128 Å². The van der Waals surface area contributed by atoms with Crippen molar-refractivity contribution in [2.75, 3.05) is 32.8 Å². The summed E-state index contributed by atoms with van der Waals surface area (Å²) in [4.78, 5) is 2.60. The average molecular weight is 306 g/mol. The summed E-state index contributed by atoms with van der Waals surface area (Å²) in [5.74, 6) is 1.58. The fourth-order valence-electron chi connectivity index (χ4n) is 2.63. The zero-order valence-corrected chi connectivity index (χ0v) is 14.5. The topological polar surface area (TPSA) is 12.5 Å². The molecule has 1 aliphatic rings. The van der Waals surface area contributed by atoms with Crippen molar-refractivity contribution in [3.8, 4) is 0 Å². The van der Waals surface area contributed by atoms with Crippen LogP contribution in [0.4, 0.5) is 0 Å². The van der Waals surface area contributed by atoms with E-state index in [1.807, 2.05) is 0 Å². The number of hydrogen-bond donors (Lipinski definition) is 1. The molecule has 0 N–H and O–H groups in total. The van der Waals surface area contributed by atoms with E-state index < -0.39 is 0 Å². The summed E-state index contributed by atoms with van der Waals surface area (Å²) < 4.78 is 5.83. The molecule has 1 saturated heterocycles. The Morgan fingerprint density at radius 1 is 1.26 bits per heavy atom. The molecule has 4 heteroatoms. The van der Waals surface area contributed by atoms with Crippen molar-refractivity contribution in [2.24, 2.45) is 11.8 Å². The molecular weight excluding hydrogens is 274 g/mol. The van der Waals surface area contributed by atoms with Crippen LogP contribution in [0.5, 0.6) is 0 Å². The van der Waals surface area contributed by atoms with Crippen LogP contribution >= 0.6 is 22.5 Å². The largest absolute Gasteiger partial charge is 0.381 e. The van der Waals surface area contributed by atoms with Crippen LogP contribution in [0.15, 0.2) is 0 Å². The van der Waals surface area contributed by atoms with E-state index in [1.165, 1.54) is 45.3 Å². The lowest BCUT2D eigenvalue weighted by molar-refractivity contribution is 0.0627. The highest BCUT2D eigenvalue weighted by atomic mass is 33.1. The molecule has 0 spiro atoms. The molecule has 1 unspecified atom stereocenters. The van der Waals surface area contributed by atoms with Crippen LogP contribution in [-0.4, -0.2) is 43.0 Å². The molecule has 1 heterocycles. The van der Waals surface area contributed by atoms with Gasteiger partial charge in [-0.1, -0.05) is 31.6 Å². The molecule has 1 rings (SSSR count). The van der Waals surface area contributed by atoms with E-state index in [0.717, 1.165) is 25.0 Å². The van der Waals surface area contributed by atoms with Crippen molar-refractivity contribution in [1.29, 1.82) is 0 Å². The van der Waals surface area contributed by atoms with E-state index in [9.17, 15) is 0 Å². The Hall–Kier alpha value is 0.620. The highest BCUT2D eigenvalue weighted by molar-refractivity contribution is 8.68. The molecule has 1 fully saturated rings. The van der Waals surface area contributed by atoms with Crippen molar-refractivity contribution in [3.05, 3.63) is 0 Å². The third-order valence-electron chi connectivity index (χ3n) is 3.76. The first-order valence-electron chi connectivity index (χ1n) is 7.72. The Kier molecular flexibility index (Phi) is 9.64. The summed E-state index contributed by atoms with van der Waals surface area (Å²) in [6, 6.07) is 0. The number of piperidine rings is 1. The Bertz CT molecular complexity index is 218. The minimum absolute atomic E-state index is 0.645. The number of rotatable bonds is 9. The summed E-state index contributed by atoms with van der Waals surface area (Å²) in [5, 5.41) is 0.645. The molecule has 0 saturated carbocycles. The van der Waals surface area contributed by atoms with E-state index in [2.05, 4.69) is 37.3 Å². The van der Waals surface area contributed by atoms with Crippen molar-refractivity contribution >= 4 is 22.5 Å². The van der Waals surface area contributed by atoms with Gasteiger partial charge in [-0.25, -0.2) is 0 Å². The van der Waals surface area contributed by atoms with Gasteiger partial charge in [0, 0.05) is 25.0 Å². The maximum absolute atomic E-state index is 5.83. The minimum Gasteiger partial charge on any atom is -0.381 e. The Morgan fingerprint density at radius 2 is 1.95 bits per heavy atom. The van der Waals surface area contributed by atoms with Gasteiger partial charge >= 0.3 is 0 Å². The van der Waals surface area contributed by atoms with Gasteiger partial charge in [-0.3, -0.25) is 0 Å². The predicted molar refractivity (Wildman–Crippen MR) is 90.1 cm³/mol. The third kappa shape index (κ3) is 8.49. The Morgan fingerprint density at radius 3 is 2.53 bits per heavy atom. The number of thiol groups is 1. The zero-order chi connectivity index (χ0) is 14.1. The first-order valence-corrected chi connectivity index (χ1v) is 9.65. The van der Waals surface area contributed by atoms with E-state index in [-0.39, 0.29) is 0 Å². The molecule has 0 aliphatic carbocycles. The van der Waals surface area contributed by atoms with Crippen LogP contribution in [0.2, 0.25) is 0 Å². The number of ether oxygens (including phenoxy) is 1. The van der Waals surface area contributed by atoms with E-state index in [4.69, 9.17) is 4.74 Å². The molecular formula is C15H31NOS2. The Balaban J connectivity index is 1.97. The van der Waals surface area contributed by atoms with E-state index >= 15 is 0 Å². The van der Waals surface area contributed by atoms with E-state index in [1.54, 1.807) is 10.8 Å². The van der Waals surface area contributed by atoms with Gasteiger partial charge in [0.25, 0.3) is 0 Å². The standard InChI is InChI=1S/C15H31NOS2/c1-13(2)11-16-8-6-15(7-9-16)12-17-10-4-5-14(3)19-18/h13-15,18H,4-12H2,1-3H3. The van der Waals surface area contributed by atoms with Gasteiger partial charge in [0.2, 0.25) is 0 Å². The zero-order valence-electron chi connectivity index (χ0n) is 12.8. The van der Waals surface area contributed by atoms with Crippen molar-refractivity contribution < 1.29 is 4.74 Å². The van der Waals surface area contributed by atoms with Crippen LogP contribution in [0.1, 0.15) is 46.5 Å². The fraction of sp³-hybridized carbons (Fsp3) is 1.00. The second kappa shape index (κ2) is 10.4. The summed E-state index contributed by atoms with van der Waals surface area (Å²) in [5.41, 5.74) is 0. The van der Waals surface area contributed by atoms with Crippen LogP contribution < -0.4 is 0 Å². The summed E-state index contributed by atoms with van der Waals surface area (Å²) >= 11 is 4.23. The molecule has 114 valence electrons. The third-order valence-corrected chi connectivity index (χ3v) is 5.44. The van der Waals surface area contributed by atoms with Gasteiger partial charge in [-0.2, -0.15) is 0 Å². The smallest absolute Gasteiger partial charge is 0.0495 e. The van der Waals surface area contributed by atoms with Crippen molar-refractivity contribution in [1.82, 2.24) is 4.90 Å². The molecule has 1 atom stereocenters. The lowest BCUT2D eigenvalue weighted by Crippen LogP contribution is -2.37. The van der Waals surface area contributed by atoms with Crippen LogP contribution in [0.3, 0.4) is 0 Å². The number of nitrogens with zero attached hydrogens (tertiary/aromatic N) is 1. The van der Waals surface area contributed by atoms with Gasteiger partial charge in [0.05, 0.1) is 0 Å². The predicted octanol–water partition coefficient (Wildman–Crippen LogP) is 4.12. The molecule has 19 heavy (non-hydrogen) atoms. The summed E-state index contributed by atoms with van der Waals surface area (Å²) in [7, 11) is 1.65. The van der Waals surface area contributed by atoms with Crippen LogP contribution in [0, 0.1) is 11.8 Å². The van der Waals surface area contributed by atoms with E-state index in [0.29, 0.717) is 5.25 Å². The van der Waals surface area contributed by atoms with Crippen molar-refractivity contribution in [3.63, 3.8) is 0 Å². The summed E-state index contributed by atoms with van der Waals surface area (Å²) in [6.07, 6.45) is 5.01. The quantitative estimate of drug-likeness (QED) is 0.391. The molecule has 0 amide bonds. The minimum atomic E-state index is 0.645. The molecule has 0 aromatic carbocycles. The van der Waals surface area contributed by atoms with Crippen LogP contribution in [0.25, 0.3) is 0 Å².